The first-order valence-corrected chi connectivity index (χ1v) is 7.61. The largest absolute Gasteiger partial charge is 0.389 e. The summed E-state index contributed by atoms with van der Waals surface area (Å²) in [5.41, 5.74) is 2.36. The van der Waals surface area contributed by atoms with Gasteiger partial charge in [0.15, 0.2) is 0 Å². The quantitative estimate of drug-likeness (QED) is 0.810. The van der Waals surface area contributed by atoms with E-state index in [9.17, 15) is 9.90 Å². The summed E-state index contributed by atoms with van der Waals surface area (Å²) in [6.07, 6.45) is -0.563. The zero-order valence-electron chi connectivity index (χ0n) is 12.3. The van der Waals surface area contributed by atoms with Crippen LogP contribution in [0.15, 0.2) is 29.6 Å². The molecule has 0 fully saturated rings. The zero-order valence-corrected chi connectivity index (χ0v) is 13.1. The Balaban J connectivity index is 1.97. The number of urea groups is 1. The highest BCUT2D eigenvalue weighted by Crippen LogP contribution is 2.19. The van der Waals surface area contributed by atoms with Gasteiger partial charge in [-0.15, -0.1) is 11.3 Å². The number of nitrogens with one attached hydrogen (secondary N) is 2. The second-order valence-corrected chi connectivity index (χ2v) is 5.84. The van der Waals surface area contributed by atoms with Gasteiger partial charge in [-0.2, -0.15) is 0 Å². The highest BCUT2D eigenvalue weighted by atomic mass is 32.1. The monoisotopic (exact) mass is 305 g/mol. The SMILES string of the molecule is Cc1csc(C(C)NC(=O)Nc2cccc(C(C)O)c2)n1. The van der Waals surface area contributed by atoms with Crippen LogP contribution in [0.5, 0.6) is 0 Å². The van der Waals surface area contributed by atoms with E-state index >= 15 is 0 Å². The Bertz CT molecular complexity index is 625. The number of nitrogens with zero attached hydrogens (tertiary/aromatic N) is 1. The Morgan fingerprint density at radius 3 is 2.76 bits per heavy atom. The lowest BCUT2D eigenvalue weighted by molar-refractivity contribution is 0.199. The molecule has 2 rings (SSSR count). The average molecular weight is 305 g/mol. The smallest absolute Gasteiger partial charge is 0.319 e. The maximum atomic E-state index is 12.0. The number of carbonyl (C=O) groups is 1. The summed E-state index contributed by atoms with van der Waals surface area (Å²) in [6.45, 7) is 5.50. The first-order valence-electron chi connectivity index (χ1n) is 6.73. The van der Waals surface area contributed by atoms with Gasteiger partial charge in [0.1, 0.15) is 5.01 Å². The van der Waals surface area contributed by atoms with E-state index in [4.69, 9.17) is 0 Å². The minimum absolute atomic E-state index is 0.149. The Morgan fingerprint density at radius 2 is 2.14 bits per heavy atom. The molecule has 21 heavy (non-hydrogen) atoms. The Morgan fingerprint density at radius 1 is 1.38 bits per heavy atom. The second kappa shape index (κ2) is 6.69. The van der Waals surface area contributed by atoms with E-state index in [1.54, 1.807) is 25.1 Å². The van der Waals surface area contributed by atoms with Crippen LogP contribution in [-0.2, 0) is 0 Å². The summed E-state index contributed by atoms with van der Waals surface area (Å²) in [6, 6.07) is 6.70. The van der Waals surface area contributed by atoms with Gasteiger partial charge in [0.05, 0.1) is 12.1 Å². The number of benzene rings is 1. The molecule has 0 saturated carbocycles. The molecule has 0 radical (unpaired) electrons. The van der Waals surface area contributed by atoms with E-state index in [-0.39, 0.29) is 12.1 Å². The van der Waals surface area contributed by atoms with Gasteiger partial charge in [0, 0.05) is 16.8 Å². The van der Waals surface area contributed by atoms with Crippen LogP contribution in [0.25, 0.3) is 0 Å². The van der Waals surface area contributed by atoms with Crippen LogP contribution in [0.2, 0.25) is 0 Å². The third-order valence-electron chi connectivity index (χ3n) is 2.98. The summed E-state index contributed by atoms with van der Waals surface area (Å²) in [5, 5.41) is 18.0. The van der Waals surface area contributed by atoms with Gasteiger partial charge in [0.2, 0.25) is 0 Å². The van der Waals surface area contributed by atoms with Crippen molar-refractivity contribution >= 4 is 23.1 Å². The lowest BCUT2D eigenvalue weighted by atomic mass is 10.1. The fourth-order valence-electron chi connectivity index (χ4n) is 1.87. The minimum Gasteiger partial charge on any atom is -0.389 e. The molecule has 0 aliphatic heterocycles. The normalized spacial score (nSPS) is 13.5. The van der Waals surface area contributed by atoms with Crippen LogP contribution in [0.4, 0.5) is 10.5 Å². The molecule has 0 aliphatic rings. The van der Waals surface area contributed by atoms with E-state index in [2.05, 4.69) is 15.6 Å². The van der Waals surface area contributed by atoms with Crippen molar-refractivity contribution in [3.63, 3.8) is 0 Å². The molecular weight excluding hydrogens is 286 g/mol. The molecular formula is C15H19N3O2S. The summed E-state index contributed by atoms with van der Waals surface area (Å²) >= 11 is 1.53. The van der Waals surface area contributed by atoms with Crippen LogP contribution in [-0.4, -0.2) is 16.1 Å². The predicted octanol–water partition coefficient (Wildman–Crippen LogP) is 3.39. The molecule has 2 unspecified atom stereocenters. The van der Waals surface area contributed by atoms with Crippen molar-refractivity contribution in [1.29, 1.82) is 0 Å². The number of aryl methyl sites for hydroxylation is 1. The number of aromatic nitrogens is 1. The van der Waals surface area contributed by atoms with Crippen LogP contribution in [0.1, 0.15) is 42.3 Å². The molecule has 2 atom stereocenters. The number of aliphatic hydroxyl groups excluding tert-OH is 1. The van der Waals surface area contributed by atoms with Crippen molar-refractivity contribution < 1.29 is 9.90 Å². The van der Waals surface area contributed by atoms with E-state index in [1.807, 2.05) is 25.3 Å². The number of anilines is 1. The summed E-state index contributed by atoms with van der Waals surface area (Å²) in [5.74, 6) is 0. The van der Waals surface area contributed by atoms with Crippen LogP contribution < -0.4 is 10.6 Å². The summed E-state index contributed by atoms with van der Waals surface area (Å²) in [4.78, 5) is 16.3. The molecule has 2 amide bonds. The fraction of sp³-hybridized carbons (Fsp3) is 0.333. The Kier molecular flexibility index (Phi) is 4.93. The van der Waals surface area contributed by atoms with Gasteiger partial charge in [0.25, 0.3) is 0 Å². The van der Waals surface area contributed by atoms with E-state index < -0.39 is 6.10 Å². The average Bonchev–Trinajstić information content (AvgIpc) is 2.85. The second-order valence-electron chi connectivity index (χ2n) is 4.95. The molecule has 0 aliphatic carbocycles. The molecule has 2 aromatic rings. The van der Waals surface area contributed by atoms with Crippen LogP contribution in [0.3, 0.4) is 0 Å². The summed E-state index contributed by atoms with van der Waals surface area (Å²) < 4.78 is 0. The molecule has 5 nitrogen and oxygen atoms in total. The molecule has 0 bridgehead atoms. The number of amides is 2. The number of hydrogen-bond acceptors (Lipinski definition) is 4. The molecule has 3 N–H and O–H groups in total. The first-order chi connectivity index (χ1) is 9.95. The van der Waals surface area contributed by atoms with Crippen LogP contribution >= 0.6 is 11.3 Å². The maximum absolute atomic E-state index is 12.0. The van der Waals surface area contributed by atoms with Crippen molar-refractivity contribution in [3.8, 4) is 0 Å². The number of hydrogen-bond donors (Lipinski definition) is 3. The van der Waals surface area contributed by atoms with E-state index in [0.29, 0.717) is 5.69 Å². The molecule has 1 aromatic heterocycles. The Labute approximate surface area is 128 Å². The predicted molar refractivity (Wildman–Crippen MR) is 84.5 cm³/mol. The van der Waals surface area contributed by atoms with E-state index in [1.165, 1.54) is 11.3 Å². The van der Waals surface area contributed by atoms with Crippen molar-refractivity contribution in [1.82, 2.24) is 10.3 Å². The highest BCUT2D eigenvalue weighted by Gasteiger charge is 2.13. The van der Waals surface area contributed by atoms with Crippen molar-refractivity contribution in [3.05, 3.63) is 45.9 Å². The van der Waals surface area contributed by atoms with Crippen molar-refractivity contribution in [2.75, 3.05) is 5.32 Å². The van der Waals surface area contributed by atoms with Gasteiger partial charge in [-0.3, -0.25) is 0 Å². The van der Waals surface area contributed by atoms with Crippen molar-refractivity contribution in [2.45, 2.75) is 32.9 Å². The Hall–Kier alpha value is -1.92. The van der Waals surface area contributed by atoms with Gasteiger partial charge >= 0.3 is 6.03 Å². The third-order valence-corrected chi connectivity index (χ3v) is 4.13. The summed E-state index contributed by atoms with van der Waals surface area (Å²) in [7, 11) is 0. The first kappa shape index (κ1) is 15.5. The minimum atomic E-state index is -0.563. The number of carbonyl (C=O) groups excluding carboxylic acids is 1. The molecule has 112 valence electrons. The van der Waals surface area contributed by atoms with Gasteiger partial charge < -0.3 is 15.7 Å². The molecule has 0 saturated heterocycles. The molecule has 1 aromatic carbocycles. The zero-order chi connectivity index (χ0) is 15.4. The lowest BCUT2D eigenvalue weighted by Gasteiger charge is -2.13. The van der Waals surface area contributed by atoms with Gasteiger partial charge in [-0.25, -0.2) is 9.78 Å². The molecule has 6 heteroatoms. The standard InChI is InChI=1S/C15H19N3O2S/c1-9-8-21-14(16-9)10(2)17-15(20)18-13-6-4-5-12(7-13)11(3)19/h4-8,10-11,19H,1-3H3,(H2,17,18,20). The van der Waals surface area contributed by atoms with Crippen LogP contribution in [0, 0.1) is 6.92 Å². The molecule has 1 heterocycles. The highest BCUT2D eigenvalue weighted by molar-refractivity contribution is 7.09. The fourth-order valence-corrected chi connectivity index (χ4v) is 2.68. The molecule has 0 spiro atoms. The van der Waals surface area contributed by atoms with E-state index in [0.717, 1.165) is 16.3 Å². The van der Waals surface area contributed by atoms with Gasteiger partial charge in [-0.05, 0) is 38.5 Å². The third kappa shape index (κ3) is 4.27. The number of aliphatic hydroxyl groups is 1. The maximum Gasteiger partial charge on any atom is 0.319 e. The topological polar surface area (TPSA) is 74.2 Å². The lowest BCUT2D eigenvalue weighted by Crippen LogP contribution is -2.31. The number of thiazole rings is 1. The van der Waals surface area contributed by atoms with Crippen molar-refractivity contribution in [2.24, 2.45) is 0 Å². The van der Waals surface area contributed by atoms with Gasteiger partial charge in [-0.1, -0.05) is 12.1 Å². The number of rotatable bonds is 4.